The third-order valence-electron chi connectivity index (χ3n) is 4.80. The predicted molar refractivity (Wildman–Crippen MR) is 104 cm³/mol. The summed E-state index contributed by atoms with van der Waals surface area (Å²) in [6, 6.07) is 10.8. The summed E-state index contributed by atoms with van der Waals surface area (Å²) in [4.78, 5) is 22.3. The van der Waals surface area contributed by atoms with Crippen molar-refractivity contribution in [2.75, 3.05) is 19.6 Å². The van der Waals surface area contributed by atoms with Gasteiger partial charge in [0.25, 0.3) is 5.91 Å². The van der Waals surface area contributed by atoms with Crippen LogP contribution >= 0.6 is 0 Å². The number of carbonyl (C=O) groups excluding carboxylic acids is 1. The number of aromatic nitrogens is 2. The Morgan fingerprint density at radius 3 is 2.67 bits per heavy atom. The number of piperazine rings is 1. The zero-order chi connectivity index (χ0) is 21.3. The second kappa shape index (κ2) is 7.91. The quantitative estimate of drug-likeness (QED) is 0.702. The van der Waals surface area contributed by atoms with Gasteiger partial charge in [0.15, 0.2) is 0 Å². The van der Waals surface area contributed by atoms with Gasteiger partial charge in [0.1, 0.15) is 22.9 Å². The molecule has 1 fully saturated rings. The minimum Gasteiger partial charge on any atom is -0.456 e. The number of amides is 1. The highest BCUT2D eigenvalue weighted by Crippen LogP contribution is 2.30. The molecule has 0 radical (unpaired) electrons. The van der Waals surface area contributed by atoms with Gasteiger partial charge >= 0.3 is 6.18 Å². The summed E-state index contributed by atoms with van der Waals surface area (Å²) >= 11 is 0. The van der Waals surface area contributed by atoms with E-state index in [0.29, 0.717) is 30.0 Å². The number of fused-ring (bicyclic) bond motifs is 1. The maximum atomic E-state index is 12.7. The van der Waals surface area contributed by atoms with Crippen LogP contribution in [0.5, 0.6) is 11.5 Å². The molecule has 3 aromatic rings. The van der Waals surface area contributed by atoms with Crippen LogP contribution in [-0.4, -0.2) is 46.5 Å². The highest BCUT2D eigenvalue weighted by molar-refractivity contribution is 5.95. The molecule has 1 atom stereocenters. The molecule has 6 nitrogen and oxygen atoms in total. The number of carbonyl (C=O) groups is 1. The summed E-state index contributed by atoms with van der Waals surface area (Å²) in [5.41, 5.74) is 0.0211. The number of ether oxygens (including phenoxy) is 1. The van der Waals surface area contributed by atoms with E-state index in [-0.39, 0.29) is 17.7 Å². The Hall–Kier alpha value is -3.20. The van der Waals surface area contributed by atoms with Crippen molar-refractivity contribution in [3.63, 3.8) is 0 Å². The molecular weight excluding hydrogens is 397 g/mol. The summed E-state index contributed by atoms with van der Waals surface area (Å²) in [6.07, 6.45) is -3.47. The smallest absolute Gasteiger partial charge is 0.433 e. The summed E-state index contributed by atoms with van der Waals surface area (Å²) in [5.74, 6) is 0.511. The van der Waals surface area contributed by atoms with Crippen LogP contribution in [0, 0.1) is 0 Å². The topological polar surface area (TPSA) is 67.4 Å². The van der Waals surface area contributed by atoms with Crippen molar-refractivity contribution in [1.82, 2.24) is 20.2 Å². The molecule has 156 valence electrons. The number of benzene rings is 1. The van der Waals surface area contributed by atoms with Crippen LogP contribution in [0.25, 0.3) is 10.9 Å². The summed E-state index contributed by atoms with van der Waals surface area (Å²) in [6.45, 7) is 4.05. The fraction of sp³-hybridized carbons (Fsp3) is 0.286. The van der Waals surface area contributed by atoms with Gasteiger partial charge in [-0.2, -0.15) is 13.2 Å². The summed E-state index contributed by atoms with van der Waals surface area (Å²) in [7, 11) is 0. The lowest BCUT2D eigenvalue weighted by Crippen LogP contribution is -2.51. The van der Waals surface area contributed by atoms with Gasteiger partial charge in [0.05, 0.1) is 11.7 Å². The Morgan fingerprint density at radius 1 is 1.17 bits per heavy atom. The minimum absolute atomic E-state index is 0.110. The Balaban J connectivity index is 1.51. The van der Waals surface area contributed by atoms with Gasteiger partial charge in [-0.15, -0.1) is 0 Å². The third kappa shape index (κ3) is 4.35. The van der Waals surface area contributed by atoms with Crippen molar-refractivity contribution < 1.29 is 22.7 Å². The minimum atomic E-state index is -4.50. The molecule has 3 heterocycles. The second-order valence-electron chi connectivity index (χ2n) is 7.14. The fourth-order valence-corrected chi connectivity index (χ4v) is 3.31. The van der Waals surface area contributed by atoms with Crippen LogP contribution in [0.1, 0.15) is 23.1 Å². The average Bonchev–Trinajstić information content (AvgIpc) is 2.72. The van der Waals surface area contributed by atoms with Gasteiger partial charge in [-0.05, 0) is 43.3 Å². The van der Waals surface area contributed by atoms with E-state index in [2.05, 4.69) is 15.3 Å². The molecule has 0 bridgehead atoms. The lowest BCUT2D eigenvalue weighted by Gasteiger charge is -2.31. The fourth-order valence-electron chi connectivity index (χ4n) is 3.31. The van der Waals surface area contributed by atoms with E-state index >= 15 is 0 Å². The van der Waals surface area contributed by atoms with Gasteiger partial charge in [-0.25, -0.2) is 9.97 Å². The number of halogens is 3. The first kappa shape index (κ1) is 20.1. The highest BCUT2D eigenvalue weighted by Gasteiger charge is 2.32. The van der Waals surface area contributed by atoms with Crippen molar-refractivity contribution >= 4 is 16.8 Å². The number of hydrogen-bond acceptors (Lipinski definition) is 5. The maximum Gasteiger partial charge on any atom is 0.433 e. The van der Waals surface area contributed by atoms with Gasteiger partial charge in [0.2, 0.25) is 0 Å². The highest BCUT2D eigenvalue weighted by atomic mass is 19.4. The van der Waals surface area contributed by atoms with Crippen molar-refractivity contribution in [1.29, 1.82) is 0 Å². The molecule has 1 saturated heterocycles. The Bertz CT molecular complexity index is 1070. The molecule has 0 unspecified atom stereocenters. The van der Waals surface area contributed by atoms with Crippen molar-refractivity contribution in [2.24, 2.45) is 0 Å². The molecule has 1 amide bonds. The molecule has 1 N–H and O–H groups in total. The van der Waals surface area contributed by atoms with Crippen LogP contribution < -0.4 is 10.1 Å². The molecular formula is C21H19F3N4O2. The van der Waals surface area contributed by atoms with E-state index in [0.717, 1.165) is 24.2 Å². The van der Waals surface area contributed by atoms with E-state index in [4.69, 9.17) is 4.74 Å². The molecule has 0 saturated carbocycles. The van der Waals surface area contributed by atoms with Crippen LogP contribution in [0.2, 0.25) is 0 Å². The van der Waals surface area contributed by atoms with Gasteiger partial charge in [-0.3, -0.25) is 4.79 Å². The first-order chi connectivity index (χ1) is 14.3. The molecule has 1 aliphatic rings. The molecule has 0 aliphatic carbocycles. The zero-order valence-electron chi connectivity index (χ0n) is 16.1. The molecule has 9 heteroatoms. The number of nitrogens with one attached hydrogen (secondary N) is 1. The van der Waals surface area contributed by atoms with E-state index in [1.54, 1.807) is 35.2 Å². The van der Waals surface area contributed by atoms with E-state index in [1.165, 1.54) is 6.07 Å². The first-order valence-corrected chi connectivity index (χ1v) is 9.44. The second-order valence-corrected chi connectivity index (χ2v) is 7.14. The normalized spacial score (nSPS) is 17.2. The Kier molecular flexibility index (Phi) is 5.29. The van der Waals surface area contributed by atoms with Crippen molar-refractivity contribution in [3.05, 3.63) is 60.0 Å². The molecule has 1 aliphatic heterocycles. The molecule has 1 aromatic carbocycles. The lowest BCUT2D eigenvalue weighted by molar-refractivity contribution is -0.141. The van der Waals surface area contributed by atoms with Crippen LogP contribution in [0.15, 0.2) is 48.7 Å². The molecule has 2 aromatic heterocycles. The number of hydrogen-bond donors (Lipinski definition) is 1. The number of rotatable bonds is 3. The summed E-state index contributed by atoms with van der Waals surface area (Å²) < 4.78 is 43.4. The average molecular weight is 416 g/mol. The van der Waals surface area contributed by atoms with Crippen LogP contribution in [0.4, 0.5) is 13.2 Å². The van der Waals surface area contributed by atoms with Gasteiger partial charge in [-0.1, -0.05) is 6.07 Å². The van der Waals surface area contributed by atoms with Crippen LogP contribution in [0.3, 0.4) is 0 Å². The molecule has 4 rings (SSSR count). The van der Waals surface area contributed by atoms with Crippen molar-refractivity contribution in [3.8, 4) is 11.5 Å². The number of pyridine rings is 2. The SMILES string of the molecule is C[C@H]1CN(C(=O)c2ccc3cc(Oc4ccc(C(F)(F)F)nc4)ccc3n2)CCN1. The van der Waals surface area contributed by atoms with Gasteiger partial charge in [0, 0.05) is 31.1 Å². The van der Waals surface area contributed by atoms with E-state index in [9.17, 15) is 18.0 Å². The predicted octanol–water partition coefficient (Wildman–Crippen LogP) is 3.87. The maximum absolute atomic E-state index is 12.7. The van der Waals surface area contributed by atoms with Gasteiger partial charge < -0.3 is 15.0 Å². The lowest BCUT2D eigenvalue weighted by atomic mass is 10.1. The number of alkyl halides is 3. The van der Waals surface area contributed by atoms with E-state index in [1.807, 2.05) is 6.92 Å². The third-order valence-corrected chi connectivity index (χ3v) is 4.80. The largest absolute Gasteiger partial charge is 0.456 e. The first-order valence-electron chi connectivity index (χ1n) is 9.44. The monoisotopic (exact) mass is 416 g/mol. The summed E-state index contributed by atoms with van der Waals surface area (Å²) in [5, 5.41) is 4.04. The molecule has 30 heavy (non-hydrogen) atoms. The Morgan fingerprint density at radius 2 is 1.97 bits per heavy atom. The van der Waals surface area contributed by atoms with Crippen LogP contribution in [-0.2, 0) is 6.18 Å². The molecule has 0 spiro atoms. The Labute approximate surface area is 170 Å². The number of nitrogens with zero attached hydrogens (tertiary/aromatic N) is 3. The van der Waals surface area contributed by atoms with E-state index < -0.39 is 11.9 Å². The standard InChI is InChI=1S/C21H19F3N4O2/c1-13-12-28(9-8-25-13)20(29)18-5-2-14-10-15(3-6-17(14)27-18)30-16-4-7-19(26-11-16)21(22,23)24/h2-7,10-11,13,25H,8-9,12H2,1H3/t13-/m0/s1. The zero-order valence-corrected chi connectivity index (χ0v) is 16.1. The van der Waals surface area contributed by atoms with Crippen molar-refractivity contribution in [2.45, 2.75) is 19.1 Å².